The van der Waals surface area contributed by atoms with Crippen molar-refractivity contribution in [3.05, 3.63) is 48.2 Å². The Bertz CT molecular complexity index is 926. The highest BCUT2D eigenvalue weighted by molar-refractivity contribution is 5.95. The van der Waals surface area contributed by atoms with Gasteiger partial charge in [0.15, 0.2) is 0 Å². The number of aromatic nitrogens is 2. The zero-order valence-electron chi connectivity index (χ0n) is 13.5. The van der Waals surface area contributed by atoms with Gasteiger partial charge in [-0.05, 0) is 54.7 Å². The first-order valence-corrected chi connectivity index (χ1v) is 8.10. The number of aryl methyl sites for hydroxylation is 1. The monoisotopic (exact) mass is 321 g/mol. The van der Waals surface area contributed by atoms with Gasteiger partial charge in [0.1, 0.15) is 5.75 Å². The van der Waals surface area contributed by atoms with Crippen molar-refractivity contribution in [2.75, 3.05) is 6.61 Å². The Labute approximate surface area is 140 Å². The smallest absolute Gasteiger partial charge is 0.248 e. The number of fused-ring (bicyclic) bond motifs is 1. The molecule has 1 aromatic heterocycles. The molecular formula is C19H19N3O2. The SMILES string of the molecule is Cn1ncc2cc(-c3cc(C(N)=O)ccc3OCC3CC3)ccc21. The van der Waals surface area contributed by atoms with Gasteiger partial charge in [0.05, 0.1) is 18.3 Å². The van der Waals surface area contributed by atoms with E-state index in [0.717, 1.165) is 34.4 Å². The summed E-state index contributed by atoms with van der Waals surface area (Å²) in [6.45, 7) is 0.720. The average molecular weight is 321 g/mol. The van der Waals surface area contributed by atoms with Crippen molar-refractivity contribution in [3.63, 3.8) is 0 Å². The Balaban J connectivity index is 1.78. The van der Waals surface area contributed by atoms with Crippen molar-refractivity contribution in [1.29, 1.82) is 0 Å². The molecule has 0 saturated heterocycles. The van der Waals surface area contributed by atoms with E-state index in [1.807, 2.05) is 42.2 Å². The zero-order valence-corrected chi connectivity index (χ0v) is 13.5. The van der Waals surface area contributed by atoms with Crippen LogP contribution in [0, 0.1) is 5.92 Å². The van der Waals surface area contributed by atoms with Crippen LogP contribution in [0.15, 0.2) is 42.6 Å². The van der Waals surface area contributed by atoms with E-state index in [-0.39, 0.29) is 0 Å². The number of rotatable bonds is 5. The number of hydrogen-bond donors (Lipinski definition) is 1. The molecule has 1 aliphatic carbocycles. The molecule has 0 spiro atoms. The van der Waals surface area contributed by atoms with Crippen LogP contribution in [-0.2, 0) is 7.05 Å². The summed E-state index contributed by atoms with van der Waals surface area (Å²) in [5.41, 5.74) is 8.86. The van der Waals surface area contributed by atoms with Crippen LogP contribution in [0.25, 0.3) is 22.0 Å². The van der Waals surface area contributed by atoms with Crippen molar-refractivity contribution in [2.24, 2.45) is 18.7 Å². The van der Waals surface area contributed by atoms with Gasteiger partial charge in [-0.15, -0.1) is 0 Å². The molecule has 0 radical (unpaired) electrons. The van der Waals surface area contributed by atoms with Crippen LogP contribution in [0.4, 0.5) is 0 Å². The lowest BCUT2D eigenvalue weighted by atomic mass is 10.0. The molecule has 2 aromatic carbocycles. The first-order chi connectivity index (χ1) is 11.6. The van der Waals surface area contributed by atoms with E-state index < -0.39 is 5.91 Å². The lowest BCUT2D eigenvalue weighted by Gasteiger charge is -2.13. The average Bonchev–Trinajstić information content (AvgIpc) is 3.35. The van der Waals surface area contributed by atoms with E-state index in [1.54, 1.807) is 6.07 Å². The molecule has 0 unspecified atom stereocenters. The summed E-state index contributed by atoms with van der Waals surface area (Å²) < 4.78 is 7.83. The molecule has 1 fully saturated rings. The second kappa shape index (κ2) is 5.67. The number of primary amides is 1. The molecule has 1 amide bonds. The Morgan fingerprint density at radius 3 is 2.88 bits per heavy atom. The van der Waals surface area contributed by atoms with Gasteiger partial charge in [-0.3, -0.25) is 9.48 Å². The highest BCUT2D eigenvalue weighted by Gasteiger charge is 2.22. The van der Waals surface area contributed by atoms with Gasteiger partial charge >= 0.3 is 0 Å². The molecule has 5 nitrogen and oxygen atoms in total. The van der Waals surface area contributed by atoms with Crippen LogP contribution >= 0.6 is 0 Å². The molecule has 5 heteroatoms. The minimum absolute atomic E-state index is 0.438. The fourth-order valence-electron chi connectivity index (χ4n) is 2.86. The lowest BCUT2D eigenvalue weighted by molar-refractivity contribution is 0.100. The largest absolute Gasteiger partial charge is 0.493 e. The number of amides is 1. The van der Waals surface area contributed by atoms with Crippen molar-refractivity contribution >= 4 is 16.8 Å². The van der Waals surface area contributed by atoms with E-state index in [0.29, 0.717) is 11.5 Å². The Kier molecular flexibility index (Phi) is 3.49. The molecule has 0 bridgehead atoms. The van der Waals surface area contributed by atoms with Gasteiger partial charge in [-0.1, -0.05) is 6.07 Å². The van der Waals surface area contributed by atoms with Gasteiger partial charge in [-0.25, -0.2) is 0 Å². The van der Waals surface area contributed by atoms with E-state index >= 15 is 0 Å². The molecule has 122 valence electrons. The maximum atomic E-state index is 11.6. The summed E-state index contributed by atoms with van der Waals surface area (Å²) in [4.78, 5) is 11.6. The molecule has 0 aliphatic heterocycles. The summed E-state index contributed by atoms with van der Waals surface area (Å²) >= 11 is 0. The molecule has 4 rings (SSSR count). The van der Waals surface area contributed by atoms with E-state index in [9.17, 15) is 4.79 Å². The van der Waals surface area contributed by atoms with Crippen LogP contribution < -0.4 is 10.5 Å². The van der Waals surface area contributed by atoms with Crippen LogP contribution in [-0.4, -0.2) is 22.3 Å². The number of carbonyl (C=O) groups is 1. The Morgan fingerprint density at radius 1 is 1.29 bits per heavy atom. The summed E-state index contributed by atoms with van der Waals surface area (Å²) in [6, 6.07) is 11.5. The third-order valence-electron chi connectivity index (χ3n) is 4.49. The highest BCUT2D eigenvalue weighted by atomic mass is 16.5. The maximum absolute atomic E-state index is 11.6. The van der Waals surface area contributed by atoms with Gasteiger partial charge in [0.2, 0.25) is 5.91 Å². The highest BCUT2D eigenvalue weighted by Crippen LogP contribution is 2.35. The minimum atomic E-state index is -0.438. The van der Waals surface area contributed by atoms with Crippen molar-refractivity contribution in [3.8, 4) is 16.9 Å². The lowest BCUT2D eigenvalue weighted by Crippen LogP contribution is -2.11. The molecule has 2 N–H and O–H groups in total. The number of carbonyl (C=O) groups excluding carboxylic acids is 1. The molecule has 3 aromatic rings. The zero-order chi connectivity index (χ0) is 16.7. The predicted octanol–water partition coefficient (Wildman–Crippen LogP) is 3.13. The fourth-order valence-corrected chi connectivity index (χ4v) is 2.86. The Morgan fingerprint density at radius 2 is 2.12 bits per heavy atom. The van der Waals surface area contributed by atoms with Crippen LogP contribution in [0.1, 0.15) is 23.2 Å². The normalized spacial score (nSPS) is 14.0. The van der Waals surface area contributed by atoms with Gasteiger partial charge in [0.25, 0.3) is 0 Å². The molecule has 0 atom stereocenters. The quantitative estimate of drug-likeness (QED) is 0.785. The summed E-state index contributed by atoms with van der Waals surface area (Å²) in [5.74, 6) is 1.01. The maximum Gasteiger partial charge on any atom is 0.248 e. The van der Waals surface area contributed by atoms with Crippen molar-refractivity contribution in [1.82, 2.24) is 9.78 Å². The number of benzene rings is 2. The number of nitrogens with two attached hydrogens (primary N) is 1. The van der Waals surface area contributed by atoms with E-state index in [1.165, 1.54) is 12.8 Å². The van der Waals surface area contributed by atoms with E-state index in [4.69, 9.17) is 10.5 Å². The predicted molar refractivity (Wildman–Crippen MR) is 92.9 cm³/mol. The van der Waals surface area contributed by atoms with Gasteiger partial charge in [0, 0.05) is 23.6 Å². The molecule has 24 heavy (non-hydrogen) atoms. The fraction of sp³-hybridized carbons (Fsp3) is 0.263. The third kappa shape index (κ3) is 2.73. The van der Waals surface area contributed by atoms with Crippen molar-refractivity contribution in [2.45, 2.75) is 12.8 Å². The number of hydrogen-bond acceptors (Lipinski definition) is 3. The van der Waals surface area contributed by atoms with Gasteiger partial charge in [-0.2, -0.15) is 5.10 Å². The third-order valence-corrected chi connectivity index (χ3v) is 4.49. The van der Waals surface area contributed by atoms with Crippen LogP contribution in [0.5, 0.6) is 5.75 Å². The molecule has 1 saturated carbocycles. The second-order valence-electron chi connectivity index (χ2n) is 6.37. The minimum Gasteiger partial charge on any atom is -0.493 e. The summed E-state index contributed by atoms with van der Waals surface area (Å²) in [7, 11) is 1.92. The number of nitrogens with zero attached hydrogens (tertiary/aromatic N) is 2. The molecule has 1 aliphatic rings. The van der Waals surface area contributed by atoms with E-state index in [2.05, 4.69) is 11.2 Å². The van der Waals surface area contributed by atoms with Crippen molar-refractivity contribution < 1.29 is 9.53 Å². The standard InChI is InChI=1S/C19H19N3O2/c1-22-17-6-4-13(8-15(17)10-21-22)16-9-14(19(20)23)5-7-18(16)24-11-12-2-3-12/h4-10,12H,2-3,11H2,1H3,(H2,20,23). The summed E-state index contributed by atoms with van der Waals surface area (Å²) in [6.07, 6.45) is 4.30. The number of ether oxygens (including phenoxy) is 1. The Hall–Kier alpha value is -2.82. The molecule has 1 heterocycles. The summed E-state index contributed by atoms with van der Waals surface area (Å²) in [5, 5.41) is 5.33. The molecular weight excluding hydrogens is 302 g/mol. The first kappa shape index (κ1) is 14.8. The van der Waals surface area contributed by atoms with Gasteiger partial charge < -0.3 is 10.5 Å². The topological polar surface area (TPSA) is 70.1 Å². The van der Waals surface area contributed by atoms with Crippen LogP contribution in [0.2, 0.25) is 0 Å². The second-order valence-corrected chi connectivity index (χ2v) is 6.37. The van der Waals surface area contributed by atoms with Crippen LogP contribution in [0.3, 0.4) is 0 Å². The first-order valence-electron chi connectivity index (χ1n) is 8.10.